The van der Waals surface area contributed by atoms with Gasteiger partial charge in [0.05, 0.1) is 11.8 Å². The monoisotopic (exact) mass is 226 g/mol. The standard InChI is InChI=1S/C10H10O4S/c11-9(12)5-3-7(10(13)14)6-1-2-15-8(6)4-5/h1-2,5,7H,3-4H2,(H,11,12)(H,13,14). The Morgan fingerprint density at radius 1 is 1.33 bits per heavy atom. The van der Waals surface area contributed by atoms with Crippen LogP contribution in [-0.4, -0.2) is 22.2 Å². The van der Waals surface area contributed by atoms with Gasteiger partial charge >= 0.3 is 11.9 Å². The van der Waals surface area contributed by atoms with Gasteiger partial charge in [0.1, 0.15) is 0 Å². The van der Waals surface area contributed by atoms with Crippen molar-refractivity contribution in [1.82, 2.24) is 0 Å². The maximum absolute atomic E-state index is 11.0. The Labute approximate surface area is 90.2 Å². The Kier molecular flexibility index (Phi) is 2.48. The van der Waals surface area contributed by atoms with Crippen molar-refractivity contribution in [3.8, 4) is 0 Å². The van der Waals surface area contributed by atoms with Crippen LogP contribution >= 0.6 is 11.3 Å². The predicted octanol–water partition coefficient (Wildman–Crippen LogP) is 1.56. The first kappa shape index (κ1) is 10.2. The second-order valence-electron chi connectivity index (χ2n) is 3.66. The molecule has 4 nitrogen and oxygen atoms in total. The predicted molar refractivity (Wildman–Crippen MR) is 54.1 cm³/mol. The van der Waals surface area contributed by atoms with Crippen LogP contribution in [0, 0.1) is 5.92 Å². The number of fused-ring (bicyclic) bond motifs is 1. The summed E-state index contributed by atoms with van der Waals surface area (Å²) in [6.07, 6.45) is 0.667. The van der Waals surface area contributed by atoms with Crippen molar-refractivity contribution >= 4 is 23.3 Å². The fraction of sp³-hybridized carbons (Fsp3) is 0.400. The highest BCUT2D eigenvalue weighted by atomic mass is 32.1. The molecule has 0 saturated carbocycles. The molecule has 0 spiro atoms. The van der Waals surface area contributed by atoms with E-state index in [-0.39, 0.29) is 6.42 Å². The van der Waals surface area contributed by atoms with Crippen molar-refractivity contribution in [2.75, 3.05) is 0 Å². The Hall–Kier alpha value is -1.36. The summed E-state index contributed by atoms with van der Waals surface area (Å²) in [4.78, 5) is 22.8. The van der Waals surface area contributed by atoms with E-state index in [4.69, 9.17) is 10.2 Å². The highest BCUT2D eigenvalue weighted by Crippen LogP contribution is 2.38. The summed E-state index contributed by atoms with van der Waals surface area (Å²) in [6.45, 7) is 0. The van der Waals surface area contributed by atoms with Crippen molar-refractivity contribution < 1.29 is 19.8 Å². The van der Waals surface area contributed by atoms with Crippen molar-refractivity contribution in [2.45, 2.75) is 18.8 Å². The van der Waals surface area contributed by atoms with Gasteiger partial charge in [-0.25, -0.2) is 0 Å². The molecule has 0 bridgehead atoms. The van der Waals surface area contributed by atoms with Gasteiger partial charge in [0.25, 0.3) is 0 Å². The lowest BCUT2D eigenvalue weighted by molar-refractivity contribution is -0.144. The number of hydrogen-bond donors (Lipinski definition) is 2. The van der Waals surface area contributed by atoms with Crippen molar-refractivity contribution in [2.24, 2.45) is 5.92 Å². The van der Waals surface area contributed by atoms with Gasteiger partial charge in [-0.15, -0.1) is 11.3 Å². The molecule has 1 aliphatic rings. The molecule has 80 valence electrons. The number of carboxylic acid groups (broad SMARTS) is 2. The molecule has 1 aromatic heterocycles. The minimum atomic E-state index is -0.930. The van der Waals surface area contributed by atoms with Crippen molar-refractivity contribution in [3.05, 3.63) is 21.9 Å². The van der Waals surface area contributed by atoms with E-state index >= 15 is 0 Å². The number of carboxylic acids is 2. The maximum Gasteiger partial charge on any atom is 0.311 e. The molecule has 2 unspecified atom stereocenters. The molecule has 5 heteroatoms. The summed E-state index contributed by atoms with van der Waals surface area (Å²) in [5, 5.41) is 19.8. The van der Waals surface area contributed by atoms with Gasteiger partial charge in [-0.05, 0) is 29.9 Å². The average Bonchev–Trinajstić information content (AvgIpc) is 2.62. The van der Waals surface area contributed by atoms with Crippen LogP contribution in [-0.2, 0) is 16.0 Å². The molecule has 2 N–H and O–H groups in total. The highest BCUT2D eigenvalue weighted by molar-refractivity contribution is 7.10. The van der Waals surface area contributed by atoms with Gasteiger partial charge in [-0.2, -0.15) is 0 Å². The minimum absolute atomic E-state index is 0.203. The van der Waals surface area contributed by atoms with E-state index in [1.54, 1.807) is 6.07 Å². The first-order chi connectivity index (χ1) is 7.09. The van der Waals surface area contributed by atoms with Gasteiger partial charge in [0.15, 0.2) is 0 Å². The van der Waals surface area contributed by atoms with E-state index in [0.29, 0.717) is 6.42 Å². The lowest BCUT2D eigenvalue weighted by atomic mass is 9.81. The summed E-state index contributed by atoms with van der Waals surface area (Å²) in [5.41, 5.74) is 0.796. The van der Waals surface area contributed by atoms with Crippen LogP contribution in [0.4, 0.5) is 0 Å². The first-order valence-electron chi connectivity index (χ1n) is 4.61. The Morgan fingerprint density at radius 2 is 2.07 bits per heavy atom. The molecular weight excluding hydrogens is 216 g/mol. The first-order valence-corrected chi connectivity index (χ1v) is 5.49. The van der Waals surface area contributed by atoms with Crippen LogP contribution in [0.1, 0.15) is 22.8 Å². The zero-order valence-electron chi connectivity index (χ0n) is 7.84. The topological polar surface area (TPSA) is 74.6 Å². The Morgan fingerprint density at radius 3 is 2.67 bits per heavy atom. The third-order valence-corrected chi connectivity index (χ3v) is 3.71. The average molecular weight is 226 g/mol. The molecule has 0 amide bonds. The Bertz CT molecular complexity index is 409. The van der Waals surface area contributed by atoms with E-state index < -0.39 is 23.8 Å². The smallest absolute Gasteiger partial charge is 0.311 e. The zero-order valence-corrected chi connectivity index (χ0v) is 8.66. The third-order valence-electron chi connectivity index (χ3n) is 2.75. The summed E-state index contributed by atoms with van der Waals surface area (Å²) in [7, 11) is 0. The molecule has 1 aromatic rings. The van der Waals surface area contributed by atoms with Gasteiger partial charge in [-0.1, -0.05) is 0 Å². The summed E-state index contributed by atoms with van der Waals surface area (Å²) < 4.78 is 0. The van der Waals surface area contributed by atoms with E-state index in [0.717, 1.165) is 10.4 Å². The van der Waals surface area contributed by atoms with Gasteiger partial charge < -0.3 is 10.2 Å². The summed E-state index contributed by atoms with van der Waals surface area (Å²) in [6, 6.07) is 1.79. The van der Waals surface area contributed by atoms with Gasteiger partial charge in [0.2, 0.25) is 0 Å². The number of carbonyl (C=O) groups is 2. The Balaban J connectivity index is 2.35. The van der Waals surface area contributed by atoms with Crippen LogP contribution in [0.15, 0.2) is 11.4 Å². The van der Waals surface area contributed by atoms with Crippen LogP contribution in [0.3, 0.4) is 0 Å². The highest BCUT2D eigenvalue weighted by Gasteiger charge is 2.35. The van der Waals surface area contributed by atoms with Gasteiger partial charge in [0, 0.05) is 4.88 Å². The van der Waals surface area contributed by atoms with E-state index in [9.17, 15) is 9.59 Å². The summed E-state index contributed by atoms with van der Waals surface area (Å²) >= 11 is 1.44. The van der Waals surface area contributed by atoms with E-state index in [1.807, 2.05) is 5.38 Å². The number of thiophene rings is 1. The second kappa shape index (κ2) is 3.66. The third kappa shape index (κ3) is 1.74. The summed E-state index contributed by atoms with van der Waals surface area (Å²) in [5.74, 6) is -3.04. The fourth-order valence-corrected chi connectivity index (χ4v) is 2.99. The quantitative estimate of drug-likeness (QED) is 0.802. The van der Waals surface area contributed by atoms with Crippen LogP contribution in [0.2, 0.25) is 0 Å². The molecule has 0 fully saturated rings. The number of rotatable bonds is 2. The lowest BCUT2D eigenvalue weighted by Crippen LogP contribution is -2.27. The molecule has 0 aliphatic heterocycles. The second-order valence-corrected chi connectivity index (χ2v) is 4.67. The van der Waals surface area contributed by atoms with Crippen LogP contribution < -0.4 is 0 Å². The molecule has 1 aliphatic carbocycles. The minimum Gasteiger partial charge on any atom is -0.481 e. The maximum atomic E-state index is 11.0. The van der Waals surface area contributed by atoms with Crippen molar-refractivity contribution in [1.29, 1.82) is 0 Å². The lowest BCUT2D eigenvalue weighted by Gasteiger charge is -2.23. The van der Waals surface area contributed by atoms with Crippen LogP contribution in [0.25, 0.3) is 0 Å². The largest absolute Gasteiger partial charge is 0.481 e. The molecule has 2 rings (SSSR count). The molecule has 0 radical (unpaired) electrons. The molecule has 0 saturated heterocycles. The van der Waals surface area contributed by atoms with Gasteiger partial charge in [-0.3, -0.25) is 9.59 Å². The van der Waals surface area contributed by atoms with Crippen molar-refractivity contribution in [3.63, 3.8) is 0 Å². The molecule has 1 heterocycles. The SMILES string of the molecule is O=C(O)C1Cc2sccc2C(C(=O)O)C1. The molecule has 15 heavy (non-hydrogen) atoms. The van der Waals surface area contributed by atoms with E-state index in [1.165, 1.54) is 11.3 Å². The normalized spacial score (nSPS) is 24.5. The van der Waals surface area contributed by atoms with E-state index in [2.05, 4.69) is 0 Å². The molecule has 2 atom stereocenters. The number of hydrogen-bond acceptors (Lipinski definition) is 3. The number of aliphatic carboxylic acids is 2. The molecule has 0 aromatic carbocycles. The molecular formula is C10H10O4S. The zero-order chi connectivity index (χ0) is 11.0. The van der Waals surface area contributed by atoms with Crippen LogP contribution in [0.5, 0.6) is 0 Å². The fourth-order valence-electron chi connectivity index (χ4n) is 1.97.